The molecule has 13 heavy (non-hydrogen) atoms. The molecule has 76 valence electrons. The Balaban J connectivity index is 2.18. The first-order valence-corrected chi connectivity index (χ1v) is 5.18. The molecule has 0 aromatic rings. The van der Waals surface area contributed by atoms with Crippen molar-refractivity contribution in [3.05, 3.63) is 0 Å². The lowest BCUT2D eigenvalue weighted by Crippen LogP contribution is -2.27. The number of carbonyl (C=O) groups excluding carboxylic acids is 1. The third-order valence-electron chi connectivity index (χ3n) is 2.77. The summed E-state index contributed by atoms with van der Waals surface area (Å²) in [6, 6.07) is 0. The zero-order valence-corrected chi connectivity index (χ0v) is 8.29. The zero-order valence-electron chi connectivity index (χ0n) is 8.29. The summed E-state index contributed by atoms with van der Waals surface area (Å²) >= 11 is 0. The number of ether oxygens (including phenoxy) is 1. The van der Waals surface area contributed by atoms with Gasteiger partial charge in [0, 0.05) is 0 Å². The SMILES string of the molecule is CCCC1CCC(OC(N)=O)CC1. The topological polar surface area (TPSA) is 52.3 Å². The van der Waals surface area contributed by atoms with Crippen molar-refractivity contribution in [3.8, 4) is 0 Å². The molecule has 0 unspecified atom stereocenters. The highest BCUT2D eigenvalue weighted by molar-refractivity contribution is 5.64. The van der Waals surface area contributed by atoms with Gasteiger partial charge in [-0.2, -0.15) is 0 Å². The smallest absolute Gasteiger partial charge is 0.404 e. The van der Waals surface area contributed by atoms with Gasteiger partial charge in [-0.05, 0) is 31.6 Å². The standard InChI is InChI=1S/C10H19NO2/c1-2-3-8-4-6-9(7-5-8)13-10(11)12/h8-9H,2-7H2,1H3,(H2,11,12). The Kier molecular flexibility index (Phi) is 4.06. The van der Waals surface area contributed by atoms with E-state index >= 15 is 0 Å². The van der Waals surface area contributed by atoms with Crippen LogP contribution in [0.5, 0.6) is 0 Å². The summed E-state index contributed by atoms with van der Waals surface area (Å²) in [5.74, 6) is 0.845. The van der Waals surface area contributed by atoms with Gasteiger partial charge in [0.2, 0.25) is 0 Å². The molecule has 2 N–H and O–H groups in total. The molecule has 0 spiro atoms. The molecule has 0 aliphatic heterocycles. The zero-order chi connectivity index (χ0) is 9.68. The summed E-state index contributed by atoms with van der Waals surface area (Å²) in [5, 5.41) is 0. The number of carbonyl (C=O) groups is 1. The van der Waals surface area contributed by atoms with Crippen molar-refractivity contribution in [1.82, 2.24) is 0 Å². The maximum absolute atomic E-state index is 10.5. The summed E-state index contributed by atoms with van der Waals surface area (Å²) < 4.78 is 4.96. The molecule has 1 fully saturated rings. The number of hydrogen-bond acceptors (Lipinski definition) is 2. The third-order valence-corrected chi connectivity index (χ3v) is 2.77. The molecule has 1 aliphatic rings. The van der Waals surface area contributed by atoms with Gasteiger partial charge in [-0.3, -0.25) is 0 Å². The molecule has 3 heteroatoms. The normalized spacial score (nSPS) is 28.4. The Hall–Kier alpha value is -0.730. The van der Waals surface area contributed by atoms with Crippen LogP contribution in [0.1, 0.15) is 45.4 Å². The monoisotopic (exact) mass is 185 g/mol. The summed E-state index contributed by atoms with van der Waals surface area (Å²) in [5.41, 5.74) is 4.96. The van der Waals surface area contributed by atoms with E-state index in [1.54, 1.807) is 0 Å². The number of hydrogen-bond donors (Lipinski definition) is 1. The summed E-state index contributed by atoms with van der Waals surface area (Å²) in [7, 11) is 0. The number of amides is 1. The number of nitrogens with two attached hydrogens (primary N) is 1. The maximum Gasteiger partial charge on any atom is 0.404 e. The predicted octanol–water partition coefficient (Wildman–Crippen LogP) is 2.44. The van der Waals surface area contributed by atoms with Crippen LogP contribution in [0.15, 0.2) is 0 Å². The Morgan fingerprint density at radius 3 is 2.46 bits per heavy atom. The minimum absolute atomic E-state index is 0.0885. The average molecular weight is 185 g/mol. The third kappa shape index (κ3) is 3.66. The summed E-state index contributed by atoms with van der Waals surface area (Å²) in [4.78, 5) is 10.5. The first-order valence-electron chi connectivity index (χ1n) is 5.18. The maximum atomic E-state index is 10.5. The van der Waals surface area contributed by atoms with Crippen molar-refractivity contribution >= 4 is 6.09 Å². The van der Waals surface area contributed by atoms with Crippen LogP contribution in [0.4, 0.5) is 4.79 Å². The largest absolute Gasteiger partial charge is 0.446 e. The van der Waals surface area contributed by atoms with Crippen molar-refractivity contribution in [2.75, 3.05) is 0 Å². The van der Waals surface area contributed by atoms with Crippen LogP contribution in [0.2, 0.25) is 0 Å². The lowest BCUT2D eigenvalue weighted by Gasteiger charge is -2.27. The minimum atomic E-state index is -0.626. The van der Waals surface area contributed by atoms with Gasteiger partial charge < -0.3 is 10.5 Å². The molecule has 0 radical (unpaired) electrons. The fourth-order valence-corrected chi connectivity index (χ4v) is 2.11. The van der Waals surface area contributed by atoms with E-state index in [0.29, 0.717) is 0 Å². The van der Waals surface area contributed by atoms with E-state index in [9.17, 15) is 4.79 Å². The molecule has 0 aromatic carbocycles. The van der Waals surface area contributed by atoms with Gasteiger partial charge in [-0.25, -0.2) is 4.79 Å². The van der Waals surface area contributed by atoms with Crippen LogP contribution in [-0.2, 0) is 4.74 Å². The van der Waals surface area contributed by atoms with Gasteiger partial charge in [0.25, 0.3) is 0 Å². The molecular formula is C10H19NO2. The van der Waals surface area contributed by atoms with Gasteiger partial charge in [0.15, 0.2) is 0 Å². The fourth-order valence-electron chi connectivity index (χ4n) is 2.11. The van der Waals surface area contributed by atoms with Crippen molar-refractivity contribution in [2.24, 2.45) is 11.7 Å². The van der Waals surface area contributed by atoms with Crippen molar-refractivity contribution in [2.45, 2.75) is 51.6 Å². The van der Waals surface area contributed by atoms with Gasteiger partial charge in [0.05, 0.1) is 0 Å². The Morgan fingerprint density at radius 1 is 1.38 bits per heavy atom. The van der Waals surface area contributed by atoms with Gasteiger partial charge in [0.1, 0.15) is 6.10 Å². The molecule has 1 aliphatic carbocycles. The second-order valence-corrected chi connectivity index (χ2v) is 3.87. The molecule has 1 amide bonds. The number of primary amides is 1. The minimum Gasteiger partial charge on any atom is -0.446 e. The van der Waals surface area contributed by atoms with E-state index in [0.717, 1.165) is 18.8 Å². The molecular weight excluding hydrogens is 166 g/mol. The van der Waals surface area contributed by atoms with Crippen molar-refractivity contribution < 1.29 is 9.53 Å². The fraction of sp³-hybridized carbons (Fsp3) is 0.900. The molecule has 0 atom stereocenters. The van der Waals surface area contributed by atoms with Crippen LogP contribution in [0, 0.1) is 5.92 Å². The summed E-state index contributed by atoms with van der Waals surface area (Å²) in [6.45, 7) is 2.21. The van der Waals surface area contributed by atoms with Gasteiger partial charge >= 0.3 is 6.09 Å². The van der Waals surface area contributed by atoms with Gasteiger partial charge in [-0.1, -0.05) is 19.8 Å². The Labute approximate surface area is 79.6 Å². The van der Waals surface area contributed by atoms with Crippen molar-refractivity contribution in [3.63, 3.8) is 0 Å². The highest BCUT2D eigenvalue weighted by Crippen LogP contribution is 2.29. The molecule has 1 rings (SSSR count). The van der Waals surface area contributed by atoms with Crippen LogP contribution in [0.25, 0.3) is 0 Å². The van der Waals surface area contributed by atoms with E-state index in [1.807, 2.05) is 0 Å². The molecule has 0 bridgehead atoms. The Morgan fingerprint density at radius 2 is 2.00 bits per heavy atom. The average Bonchev–Trinajstić information content (AvgIpc) is 2.08. The molecule has 1 saturated carbocycles. The second kappa shape index (κ2) is 5.10. The Bertz CT molecular complexity index is 162. The molecule has 0 heterocycles. The van der Waals surface area contributed by atoms with E-state index in [1.165, 1.54) is 25.7 Å². The molecule has 0 saturated heterocycles. The quantitative estimate of drug-likeness (QED) is 0.734. The lowest BCUT2D eigenvalue weighted by atomic mass is 9.85. The first-order chi connectivity index (χ1) is 6.22. The van der Waals surface area contributed by atoms with Crippen LogP contribution >= 0.6 is 0 Å². The van der Waals surface area contributed by atoms with Crippen LogP contribution < -0.4 is 5.73 Å². The van der Waals surface area contributed by atoms with Gasteiger partial charge in [-0.15, -0.1) is 0 Å². The highest BCUT2D eigenvalue weighted by atomic mass is 16.6. The van der Waals surface area contributed by atoms with Crippen LogP contribution in [-0.4, -0.2) is 12.2 Å². The highest BCUT2D eigenvalue weighted by Gasteiger charge is 2.22. The van der Waals surface area contributed by atoms with E-state index in [4.69, 9.17) is 10.5 Å². The lowest BCUT2D eigenvalue weighted by molar-refractivity contribution is 0.0698. The molecule has 0 aromatic heterocycles. The first kappa shape index (κ1) is 10.4. The van der Waals surface area contributed by atoms with E-state index in [-0.39, 0.29) is 6.10 Å². The van der Waals surface area contributed by atoms with E-state index < -0.39 is 6.09 Å². The predicted molar refractivity (Wildman–Crippen MR) is 51.3 cm³/mol. The second-order valence-electron chi connectivity index (χ2n) is 3.87. The summed E-state index contributed by atoms with van der Waals surface area (Å²) in [6.07, 6.45) is 6.39. The van der Waals surface area contributed by atoms with Crippen LogP contribution in [0.3, 0.4) is 0 Å². The van der Waals surface area contributed by atoms with Crippen molar-refractivity contribution in [1.29, 1.82) is 0 Å². The van der Waals surface area contributed by atoms with E-state index in [2.05, 4.69) is 6.92 Å². The number of rotatable bonds is 3. The molecule has 3 nitrogen and oxygen atoms in total.